The number of amides is 2. The summed E-state index contributed by atoms with van der Waals surface area (Å²) in [4.78, 5) is 30.3. The van der Waals surface area contributed by atoms with Gasteiger partial charge in [-0.2, -0.15) is 0 Å². The minimum absolute atomic E-state index is 0.0108. The van der Waals surface area contributed by atoms with Gasteiger partial charge in [-0.1, -0.05) is 37.6 Å². The molecule has 0 saturated carbocycles. The summed E-state index contributed by atoms with van der Waals surface area (Å²) in [5.41, 5.74) is 4.87. The van der Waals surface area contributed by atoms with E-state index >= 15 is 0 Å². The van der Waals surface area contributed by atoms with Crippen LogP contribution < -0.4 is 15.5 Å². The predicted octanol–water partition coefficient (Wildman–Crippen LogP) is 3.83. The minimum atomic E-state index is -0.0921. The van der Waals surface area contributed by atoms with E-state index < -0.39 is 0 Å². The Balaban J connectivity index is 1.45. The average molecular weight is 479 g/mol. The molecular formula is C28H38N4O3. The third-order valence-corrected chi connectivity index (χ3v) is 6.79. The first-order valence-corrected chi connectivity index (χ1v) is 13.0. The molecule has 2 heterocycles. The van der Waals surface area contributed by atoms with E-state index in [1.54, 1.807) is 0 Å². The number of morpholine rings is 1. The number of carbonyl (C=O) groups is 2. The van der Waals surface area contributed by atoms with Crippen molar-refractivity contribution in [3.63, 3.8) is 0 Å². The molecule has 2 N–H and O–H groups in total. The number of benzene rings is 2. The van der Waals surface area contributed by atoms with E-state index in [9.17, 15) is 9.59 Å². The van der Waals surface area contributed by atoms with Crippen LogP contribution in [0.3, 0.4) is 0 Å². The van der Waals surface area contributed by atoms with Crippen molar-refractivity contribution < 1.29 is 14.3 Å². The summed E-state index contributed by atoms with van der Waals surface area (Å²) in [6.45, 7) is 8.74. The lowest BCUT2D eigenvalue weighted by Gasteiger charge is -2.32. The van der Waals surface area contributed by atoms with Gasteiger partial charge in [-0.25, -0.2) is 0 Å². The standard InChI is InChI=1S/C28H38N4O3/c1-2-3-9-27(33)30-24-10-11-26(32-15-12-22-7-4-5-8-23(22)21-32)25(20-24)28(34)29-13-6-14-31-16-18-35-19-17-31/h4-5,7-8,10-11,20H,2-3,6,9,12-19,21H2,1H3,(H,29,34)(H,30,33). The van der Waals surface area contributed by atoms with Gasteiger partial charge in [0.05, 0.1) is 18.8 Å². The summed E-state index contributed by atoms with van der Waals surface area (Å²) in [6, 6.07) is 14.2. The van der Waals surface area contributed by atoms with Gasteiger partial charge in [-0.15, -0.1) is 0 Å². The number of anilines is 2. The van der Waals surface area contributed by atoms with Gasteiger partial charge in [0.2, 0.25) is 5.91 Å². The fourth-order valence-electron chi connectivity index (χ4n) is 4.76. The SMILES string of the molecule is CCCCC(=O)Nc1ccc(N2CCc3ccccc3C2)c(C(=O)NCCCN2CCOCC2)c1. The molecule has 7 heteroatoms. The Hall–Kier alpha value is -2.90. The van der Waals surface area contributed by atoms with Crippen LogP contribution in [0.2, 0.25) is 0 Å². The number of hydrogen-bond acceptors (Lipinski definition) is 5. The van der Waals surface area contributed by atoms with Crippen LogP contribution in [-0.2, 0) is 22.5 Å². The Kier molecular flexibility index (Phi) is 9.15. The average Bonchev–Trinajstić information content (AvgIpc) is 2.90. The van der Waals surface area contributed by atoms with Crippen molar-refractivity contribution in [2.75, 3.05) is 56.2 Å². The Labute approximate surface area is 208 Å². The van der Waals surface area contributed by atoms with Gasteiger partial charge < -0.3 is 20.3 Å². The van der Waals surface area contributed by atoms with Crippen LogP contribution in [0.25, 0.3) is 0 Å². The first-order chi connectivity index (χ1) is 17.1. The zero-order chi connectivity index (χ0) is 24.5. The fourth-order valence-corrected chi connectivity index (χ4v) is 4.76. The minimum Gasteiger partial charge on any atom is -0.379 e. The summed E-state index contributed by atoms with van der Waals surface area (Å²) < 4.78 is 5.41. The lowest BCUT2D eigenvalue weighted by Crippen LogP contribution is -2.38. The molecule has 1 fully saturated rings. The number of nitrogens with one attached hydrogen (secondary N) is 2. The maximum Gasteiger partial charge on any atom is 0.253 e. The molecular weight excluding hydrogens is 440 g/mol. The first kappa shape index (κ1) is 25.2. The van der Waals surface area contributed by atoms with E-state index in [-0.39, 0.29) is 11.8 Å². The van der Waals surface area contributed by atoms with Crippen molar-refractivity contribution in [3.05, 3.63) is 59.2 Å². The third kappa shape index (κ3) is 7.05. The molecule has 0 atom stereocenters. The van der Waals surface area contributed by atoms with Gasteiger partial charge in [0.15, 0.2) is 0 Å². The number of hydrogen-bond donors (Lipinski definition) is 2. The molecule has 2 amide bonds. The molecule has 4 rings (SSSR count). The largest absolute Gasteiger partial charge is 0.379 e. The highest BCUT2D eigenvalue weighted by atomic mass is 16.5. The monoisotopic (exact) mass is 478 g/mol. The van der Waals surface area contributed by atoms with Crippen molar-refractivity contribution >= 4 is 23.2 Å². The highest BCUT2D eigenvalue weighted by Crippen LogP contribution is 2.29. The van der Waals surface area contributed by atoms with Gasteiger partial charge in [0, 0.05) is 50.5 Å². The molecule has 0 unspecified atom stereocenters. The maximum atomic E-state index is 13.3. The van der Waals surface area contributed by atoms with Crippen LogP contribution in [-0.4, -0.2) is 62.7 Å². The molecule has 0 aliphatic carbocycles. The summed E-state index contributed by atoms with van der Waals surface area (Å²) in [6.07, 6.45) is 4.16. The second-order valence-electron chi connectivity index (χ2n) is 9.39. The van der Waals surface area contributed by atoms with Gasteiger partial charge >= 0.3 is 0 Å². The molecule has 2 aliphatic rings. The van der Waals surface area contributed by atoms with Crippen molar-refractivity contribution in [1.29, 1.82) is 0 Å². The normalized spacial score (nSPS) is 16.0. The van der Waals surface area contributed by atoms with E-state index in [1.165, 1.54) is 11.1 Å². The Morgan fingerprint density at radius 2 is 1.80 bits per heavy atom. The molecule has 0 spiro atoms. The molecule has 0 radical (unpaired) electrons. The summed E-state index contributed by atoms with van der Waals surface area (Å²) >= 11 is 0. The third-order valence-electron chi connectivity index (χ3n) is 6.79. The number of nitrogens with zero attached hydrogens (tertiary/aromatic N) is 2. The van der Waals surface area contributed by atoms with Crippen LogP contribution in [0.15, 0.2) is 42.5 Å². The molecule has 7 nitrogen and oxygen atoms in total. The number of ether oxygens (including phenoxy) is 1. The molecule has 35 heavy (non-hydrogen) atoms. The quantitative estimate of drug-likeness (QED) is 0.508. The van der Waals surface area contributed by atoms with Crippen LogP contribution in [0.4, 0.5) is 11.4 Å². The van der Waals surface area contributed by atoms with Gasteiger partial charge in [-0.3, -0.25) is 14.5 Å². The summed E-state index contributed by atoms with van der Waals surface area (Å²) in [5.74, 6) is -0.103. The smallest absolute Gasteiger partial charge is 0.253 e. The first-order valence-electron chi connectivity index (χ1n) is 13.0. The number of carbonyl (C=O) groups excluding carboxylic acids is 2. The molecule has 2 aliphatic heterocycles. The van der Waals surface area contributed by atoms with E-state index in [2.05, 4.69) is 51.6 Å². The number of fused-ring (bicyclic) bond motifs is 1. The second-order valence-corrected chi connectivity index (χ2v) is 9.39. The zero-order valence-electron chi connectivity index (χ0n) is 20.9. The maximum absolute atomic E-state index is 13.3. The van der Waals surface area contributed by atoms with E-state index in [4.69, 9.17) is 4.74 Å². The molecule has 0 aromatic heterocycles. The van der Waals surface area contributed by atoms with E-state index in [1.807, 2.05) is 18.2 Å². The Morgan fingerprint density at radius 3 is 2.60 bits per heavy atom. The lowest BCUT2D eigenvalue weighted by molar-refractivity contribution is -0.116. The molecule has 1 saturated heterocycles. The number of unbranched alkanes of at least 4 members (excludes halogenated alkanes) is 1. The Bertz CT molecular complexity index is 1000. The van der Waals surface area contributed by atoms with E-state index in [0.717, 1.165) is 77.3 Å². The second kappa shape index (κ2) is 12.7. The summed E-state index contributed by atoms with van der Waals surface area (Å²) in [5, 5.41) is 6.09. The topological polar surface area (TPSA) is 73.9 Å². The fraction of sp³-hybridized carbons (Fsp3) is 0.500. The predicted molar refractivity (Wildman–Crippen MR) is 140 cm³/mol. The van der Waals surface area contributed by atoms with Gasteiger partial charge in [-0.05, 0) is 55.1 Å². The van der Waals surface area contributed by atoms with Crippen molar-refractivity contribution in [2.24, 2.45) is 0 Å². The molecule has 2 aromatic carbocycles. The van der Waals surface area contributed by atoms with Crippen molar-refractivity contribution in [3.8, 4) is 0 Å². The van der Waals surface area contributed by atoms with Crippen LogP contribution in [0, 0.1) is 0 Å². The molecule has 0 bridgehead atoms. The summed E-state index contributed by atoms with van der Waals surface area (Å²) in [7, 11) is 0. The van der Waals surface area contributed by atoms with Gasteiger partial charge in [0.1, 0.15) is 0 Å². The van der Waals surface area contributed by atoms with Crippen molar-refractivity contribution in [2.45, 2.75) is 45.6 Å². The molecule has 188 valence electrons. The molecule has 2 aromatic rings. The number of rotatable bonds is 10. The van der Waals surface area contributed by atoms with Crippen molar-refractivity contribution in [1.82, 2.24) is 10.2 Å². The van der Waals surface area contributed by atoms with Crippen LogP contribution in [0.1, 0.15) is 54.1 Å². The highest BCUT2D eigenvalue weighted by molar-refractivity contribution is 6.02. The zero-order valence-corrected chi connectivity index (χ0v) is 20.9. The lowest BCUT2D eigenvalue weighted by atomic mass is 9.98. The van der Waals surface area contributed by atoms with Crippen LogP contribution >= 0.6 is 0 Å². The van der Waals surface area contributed by atoms with E-state index in [0.29, 0.717) is 24.2 Å². The van der Waals surface area contributed by atoms with Gasteiger partial charge in [0.25, 0.3) is 5.91 Å². The highest BCUT2D eigenvalue weighted by Gasteiger charge is 2.22. The van der Waals surface area contributed by atoms with Crippen LogP contribution in [0.5, 0.6) is 0 Å². The Morgan fingerprint density at radius 1 is 1.00 bits per heavy atom.